The van der Waals surface area contributed by atoms with E-state index in [4.69, 9.17) is 14.5 Å². The summed E-state index contributed by atoms with van der Waals surface area (Å²) in [7, 11) is 2.07. The number of nitrogens with one attached hydrogen (secondary N) is 1. The monoisotopic (exact) mass is 399 g/mol. The van der Waals surface area contributed by atoms with Crippen molar-refractivity contribution in [3.05, 3.63) is 65.5 Å². The summed E-state index contributed by atoms with van der Waals surface area (Å²) in [4.78, 5) is 6.95. The molecule has 0 spiro atoms. The molecule has 1 aliphatic heterocycles. The minimum Gasteiger partial charge on any atom is -0.489 e. The molecule has 0 radical (unpaired) electrons. The number of aliphatic imine (C=N–C) groups is 1. The van der Waals surface area contributed by atoms with E-state index in [-0.39, 0.29) is 5.82 Å². The third-order valence-electron chi connectivity index (χ3n) is 4.88. The van der Waals surface area contributed by atoms with Crippen LogP contribution in [-0.2, 0) is 17.9 Å². The molecule has 0 aliphatic carbocycles. The molecule has 156 valence electrons. The first-order valence-electron chi connectivity index (χ1n) is 10.2. The SMILES string of the molecule is CCNC(=NCc1ccc(OCc2cccc(F)c2)cc1)N(C)CC1CCOC1. The Morgan fingerprint density at radius 2 is 2.07 bits per heavy atom. The first-order valence-corrected chi connectivity index (χ1v) is 10.2. The lowest BCUT2D eigenvalue weighted by Crippen LogP contribution is -2.41. The van der Waals surface area contributed by atoms with Gasteiger partial charge in [-0.2, -0.15) is 0 Å². The molecule has 1 atom stereocenters. The van der Waals surface area contributed by atoms with Crippen molar-refractivity contribution in [1.29, 1.82) is 0 Å². The highest BCUT2D eigenvalue weighted by molar-refractivity contribution is 5.79. The lowest BCUT2D eigenvalue weighted by molar-refractivity contribution is 0.181. The van der Waals surface area contributed by atoms with Gasteiger partial charge >= 0.3 is 0 Å². The fraction of sp³-hybridized carbons (Fsp3) is 0.435. The van der Waals surface area contributed by atoms with Crippen LogP contribution >= 0.6 is 0 Å². The van der Waals surface area contributed by atoms with Gasteiger partial charge in [-0.05, 0) is 48.7 Å². The van der Waals surface area contributed by atoms with Gasteiger partial charge in [0.15, 0.2) is 5.96 Å². The van der Waals surface area contributed by atoms with Crippen molar-refractivity contribution in [1.82, 2.24) is 10.2 Å². The lowest BCUT2D eigenvalue weighted by Gasteiger charge is -2.24. The lowest BCUT2D eigenvalue weighted by atomic mass is 10.1. The summed E-state index contributed by atoms with van der Waals surface area (Å²) >= 11 is 0. The quantitative estimate of drug-likeness (QED) is 0.541. The molecule has 0 saturated carbocycles. The highest BCUT2D eigenvalue weighted by Gasteiger charge is 2.19. The zero-order valence-corrected chi connectivity index (χ0v) is 17.2. The van der Waals surface area contributed by atoms with Crippen molar-refractivity contribution in [2.75, 3.05) is 33.4 Å². The molecular formula is C23H30FN3O2. The van der Waals surface area contributed by atoms with Gasteiger partial charge in [0.05, 0.1) is 13.2 Å². The molecule has 5 nitrogen and oxygen atoms in total. The fourth-order valence-corrected chi connectivity index (χ4v) is 3.32. The van der Waals surface area contributed by atoms with E-state index < -0.39 is 0 Å². The van der Waals surface area contributed by atoms with Crippen LogP contribution in [0.15, 0.2) is 53.5 Å². The molecule has 0 bridgehead atoms. The van der Waals surface area contributed by atoms with Crippen LogP contribution in [0.25, 0.3) is 0 Å². The van der Waals surface area contributed by atoms with Crippen molar-refractivity contribution in [3.8, 4) is 5.75 Å². The zero-order chi connectivity index (χ0) is 20.5. The third-order valence-corrected chi connectivity index (χ3v) is 4.88. The number of benzene rings is 2. The summed E-state index contributed by atoms with van der Waals surface area (Å²) in [6.07, 6.45) is 1.11. The molecule has 29 heavy (non-hydrogen) atoms. The predicted octanol–water partition coefficient (Wildman–Crippen LogP) is 3.84. The van der Waals surface area contributed by atoms with Crippen LogP contribution in [0.2, 0.25) is 0 Å². The first-order chi connectivity index (χ1) is 14.1. The number of nitrogens with zero attached hydrogens (tertiary/aromatic N) is 2. The highest BCUT2D eigenvalue weighted by Crippen LogP contribution is 2.16. The average molecular weight is 400 g/mol. The molecule has 0 amide bonds. The molecule has 1 N–H and O–H groups in total. The Morgan fingerprint density at radius 1 is 1.24 bits per heavy atom. The Morgan fingerprint density at radius 3 is 2.76 bits per heavy atom. The van der Waals surface area contributed by atoms with E-state index in [0.29, 0.717) is 19.1 Å². The molecule has 1 unspecified atom stereocenters. The second-order valence-corrected chi connectivity index (χ2v) is 7.34. The van der Waals surface area contributed by atoms with Gasteiger partial charge < -0.3 is 19.7 Å². The fourth-order valence-electron chi connectivity index (χ4n) is 3.32. The molecular weight excluding hydrogens is 369 g/mol. The van der Waals surface area contributed by atoms with Crippen LogP contribution in [0.5, 0.6) is 5.75 Å². The van der Waals surface area contributed by atoms with E-state index in [9.17, 15) is 4.39 Å². The van der Waals surface area contributed by atoms with Crippen molar-refractivity contribution in [3.63, 3.8) is 0 Å². The maximum Gasteiger partial charge on any atom is 0.193 e. The highest BCUT2D eigenvalue weighted by atomic mass is 19.1. The number of hydrogen-bond acceptors (Lipinski definition) is 3. The summed E-state index contributed by atoms with van der Waals surface area (Å²) in [5.41, 5.74) is 1.92. The van der Waals surface area contributed by atoms with Crippen LogP contribution in [0.3, 0.4) is 0 Å². The molecule has 2 aromatic rings. The Bertz CT molecular complexity index is 789. The zero-order valence-electron chi connectivity index (χ0n) is 17.2. The predicted molar refractivity (Wildman–Crippen MR) is 114 cm³/mol. The second kappa shape index (κ2) is 10.8. The smallest absolute Gasteiger partial charge is 0.193 e. The van der Waals surface area contributed by atoms with E-state index in [1.165, 1.54) is 12.1 Å². The van der Waals surface area contributed by atoms with E-state index in [1.807, 2.05) is 30.3 Å². The van der Waals surface area contributed by atoms with Crippen LogP contribution in [0, 0.1) is 11.7 Å². The van der Waals surface area contributed by atoms with Crippen molar-refractivity contribution < 1.29 is 13.9 Å². The maximum atomic E-state index is 13.2. The minimum atomic E-state index is -0.249. The molecule has 3 rings (SSSR count). The molecule has 1 heterocycles. The van der Waals surface area contributed by atoms with E-state index in [1.54, 1.807) is 6.07 Å². The number of guanidine groups is 1. The number of halogens is 1. The molecule has 1 aliphatic rings. The van der Waals surface area contributed by atoms with Gasteiger partial charge in [-0.1, -0.05) is 24.3 Å². The van der Waals surface area contributed by atoms with Crippen LogP contribution in [0.1, 0.15) is 24.5 Å². The molecule has 1 saturated heterocycles. The summed E-state index contributed by atoms with van der Waals surface area (Å²) < 4.78 is 24.5. The molecule has 6 heteroatoms. The van der Waals surface area contributed by atoms with Gasteiger partial charge in [0.1, 0.15) is 18.2 Å². The van der Waals surface area contributed by atoms with E-state index in [0.717, 1.165) is 55.6 Å². The van der Waals surface area contributed by atoms with Gasteiger partial charge in [0.25, 0.3) is 0 Å². The van der Waals surface area contributed by atoms with Crippen molar-refractivity contribution in [2.45, 2.75) is 26.5 Å². The van der Waals surface area contributed by atoms with Gasteiger partial charge in [-0.3, -0.25) is 0 Å². The largest absolute Gasteiger partial charge is 0.489 e. The number of ether oxygens (including phenoxy) is 2. The Kier molecular flexibility index (Phi) is 7.87. The summed E-state index contributed by atoms with van der Waals surface area (Å²) in [5, 5.41) is 3.36. The van der Waals surface area contributed by atoms with Crippen molar-refractivity contribution in [2.24, 2.45) is 10.9 Å². The summed E-state index contributed by atoms with van der Waals surface area (Å²) in [6, 6.07) is 14.3. The van der Waals surface area contributed by atoms with E-state index in [2.05, 4.69) is 24.2 Å². The number of rotatable bonds is 8. The minimum absolute atomic E-state index is 0.249. The van der Waals surface area contributed by atoms with Gasteiger partial charge in [-0.15, -0.1) is 0 Å². The maximum absolute atomic E-state index is 13.2. The second-order valence-electron chi connectivity index (χ2n) is 7.34. The van der Waals surface area contributed by atoms with Gasteiger partial charge in [-0.25, -0.2) is 9.38 Å². The summed E-state index contributed by atoms with van der Waals surface area (Å²) in [5.74, 6) is 1.98. The van der Waals surface area contributed by atoms with E-state index >= 15 is 0 Å². The summed E-state index contributed by atoms with van der Waals surface area (Å²) in [6.45, 7) is 6.48. The van der Waals surface area contributed by atoms with Crippen LogP contribution in [0.4, 0.5) is 4.39 Å². The average Bonchev–Trinajstić information content (AvgIpc) is 3.23. The first kappa shape index (κ1) is 21.1. The van der Waals surface area contributed by atoms with Gasteiger partial charge in [0.2, 0.25) is 0 Å². The standard InChI is InChI=1S/C23H30FN3O2/c1-3-25-23(27(2)15-20-11-12-28-16-20)26-14-18-7-9-22(10-8-18)29-17-19-5-4-6-21(24)13-19/h4-10,13,20H,3,11-12,14-17H2,1-2H3,(H,25,26). The topological polar surface area (TPSA) is 46.1 Å². The normalized spacial score (nSPS) is 16.7. The molecule has 2 aromatic carbocycles. The Balaban J connectivity index is 1.53. The number of hydrogen-bond donors (Lipinski definition) is 1. The Labute approximate surface area is 172 Å². The van der Waals surface area contributed by atoms with Crippen molar-refractivity contribution >= 4 is 5.96 Å². The molecule has 0 aromatic heterocycles. The van der Waals surface area contributed by atoms with Crippen LogP contribution in [-0.4, -0.2) is 44.2 Å². The Hall–Kier alpha value is -2.60. The van der Waals surface area contributed by atoms with Gasteiger partial charge in [0, 0.05) is 32.7 Å². The molecule has 1 fully saturated rings. The van der Waals surface area contributed by atoms with Crippen LogP contribution < -0.4 is 10.1 Å². The third kappa shape index (κ3) is 6.75.